The summed E-state index contributed by atoms with van der Waals surface area (Å²) in [6, 6.07) is 4.79. The van der Waals surface area contributed by atoms with E-state index in [4.69, 9.17) is 5.73 Å². The van der Waals surface area contributed by atoms with Gasteiger partial charge in [-0.15, -0.1) is 0 Å². The lowest BCUT2D eigenvalue weighted by Crippen LogP contribution is -2.14. The van der Waals surface area contributed by atoms with Crippen LogP contribution in [0.5, 0.6) is 0 Å². The van der Waals surface area contributed by atoms with Gasteiger partial charge in [0.25, 0.3) is 5.91 Å². The number of thiazole rings is 1. The minimum Gasteiger partial charge on any atom is -0.382 e. The van der Waals surface area contributed by atoms with Crippen LogP contribution in [0.3, 0.4) is 0 Å². The van der Waals surface area contributed by atoms with E-state index in [2.05, 4.69) is 15.6 Å². The number of nitrogen functional groups attached to an aromatic ring is 1. The van der Waals surface area contributed by atoms with Crippen LogP contribution in [-0.2, 0) is 0 Å². The Balaban J connectivity index is 2.23. The number of para-hydroxylation sites is 1. The summed E-state index contributed by atoms with van der Waals surface area (Å²) in [7, 11) is 0. The Morgan fingerprint density at radius 2 is 2.14 bits per heavy atom. The Morgan fingerprint density at radius 1 is 1.43 bits per heavy atom. The maximum atomic E-state index is 13.7. The maximum absolute atomic E-state index is 13.7. The van der Waals surface area contributed by atoms with E-state index < -0.39 is 11.7 Å². The molecule has 0 aliphatic rings. The van der Waals surface area contributed by atoms with Crippen LogP contribution >= 0.6 is 11.3 Å². The van der Waals surface area contributed by atoms with Crippen molar-refractivity contribution in [3.05, 3.63) is 34.5 Å². The molecule has 5 nitrogen and oxygen atoms in total. The van der Waals surface area contributed by atoms with Gasteiger partial charge >= 0.3 is 0 Å². The molecule has 0 saturated heterocycles. The highest BCUT2D eigenvalue weighted by atomic mass is 32.1. The topological polar surface area (TPSA) is 80.0 Å². The zero-order valence-corrected chi connectivity index (χ0v) is 12.8. The minimum atomic E-state index is -0.480. The van der Waals surface area contributed by atoms with Crippen LogP contribution < -0.4 is 16.4 Å². The van der Waals surface area contributed by atoms with E-state index in [1.54, 1.807) is 19.1 Å². The van der Waals surface area contributed by atoms with Crippen molar-refractivity contribution < 1.29 is 9.18 Å². The lowest BCUT2D eigenvalue weighted by Gasteiger charge is -2.08. The van der Waals surface area contributed by atoms with Gasteiger partial charge < -0.3 is 16.4 Å². The normalized spacial score (nSPS) is 10.7. The van der Waals surface area contributed by atoms with Gasteiger partial charge in [0, 0.05) is 6.04 Å². The fraction of sp³-hybridized carbons (Fsp3) is 0.286. The molecular formula is C14H17FN4OS. The summed E-state index contributed by atoms with van der Waals surface area (Å²) in [4.78, 5) is 16.6. The highest BCUT2D eigenvalue weighted by molar-refractivity contribution is 7.18. The number of benzene rings is 1. The van der Waals surface area contributed by atoms with Gasteiger partial charge in [-0.25, -0.2) is 9.37 Å². The molecular weight excluding hydrogens is 291 g/mol. The van der Waals surface area contributed by atoms with Gasteiger partial charge in [0.2, 0.25) is 0 Å². The van der Waals surface area contributed by atoms with Crippen LogP contribution in [0.4, 0.5) is 21.0 Å². The van der Waals surface area contributed by atoms with Crippen molar-refractivity contribution in [1.82, 2.24) is 4.98 Å². The Labute approximate surface area is 126 Å². The molecule has 4 N–H and O–H groups in total. The van der Waals surface area contributed by atoms with Crippen LogP contribution in [0.15, 0.2) is 18.2 Å². The summed E-state index contributed by atoms with van der Waals surface area (Å²) in [5, 5.41) is 6.20. The molecule has 0 fully saturated rings. The summed E-state index contributed by atoms with van der Waals surface area (Å²) in [6.07, 6.45) is 0. The number of nitrogens with two attached hydrogens (primary N) is 1. The van der Waals surface area contributed by atoms with Gasteiger partial charge in [-0.3, -0.25) is 4.79 Å². The van der Waals surface area contributed by atoms with Gasteiger partial charge in [0.05, 0.1) is 5.69 Å². The monoisotopic (exact) mass is 308 g/mol. The predicted octanol–water partition coefficient (Wildman–Crippen LogP) is 3.25. The van der Waals surface area contributed by atoms with Crippen molar-refractivity contribution in [3.63, 3.8) is 0 Å². The summed E-state index contributed by atoms with van der Waals surface area (Å²) >= 11 is 1.15. The SMILES string of the molecule is Cc1cccc(F)c1NC(=O)c1sc(NC(C)C)nc1N. The molecule has 0 bridgehead atoms. The van der Waals surface area contributed by atoms with Crippen molar-refractivity contribution >= 4 is 33.9 Å². The number of amides is 1. The van der Waals surface area contributed by atoms with Crippen LogP contribution in [0.25, 0.3) is 0 Å². The van der Waals surface area contributed by atoms with E-state index in [0.29, 0.717) is 10.7 Å². The first-order valence-corrected chi connectivity index (χ1v) is 7.29. The van der Waals surface area contributed by atoms with Gasteiger partial charge in [0.1, 0.15) is 16.5 Å². The minimum absolute atomic E-state index is 0.134. The smallest absolute Gasteiger partial charge is 0.269 e. The molecule has 0 radical (unpaired) electrons. The largest absolute Gasteiger partial charge is 0.382 e. The summed E-state index contributed by atoms with van der Waals surface area (Å²) in [6.45, 7) is 5.64. The van der Waals surface area contributed by atoms with Gasteiger partial charge in [-0.2, -0.15) is 0 Å². The number of hydrogen-bond acceptors (Lipinski definition) is 5. The van der Waals surface area contributed by atoms with Crippen molar-refractivity contribution in [1.29, 1.82) is 0 Å². The quantitative estimate of drug-likeness (QED) is 0.810. The number of aryl methyl sites for hydroxylation is 1. The average Bonchev–Trinajstić information content (AvgIpc) is 2.74. The highest BCUT2D eigenvalue weighted by Crippen LogP contribution is 2.27. The number of halogens is 1. The molecule has 0 atom stereocenters. The molecule has 0 unspecified atom stereocenters. The van der Waals surface area contributed by atoms with E-state index in [-0.39, 0.29) is 22.4 Å². The average molecular weight is 308 g/mol. The van der Waals surface area contributed by atoms with Crippen molar-refractivity contribution in [2.75, 3.05) is 16.4 Å². The maximum Gasteiger partial charge on any atom is 0.269 e. The highest BCUT2D eigenvalue weighted by Gasteiger charge is 2.18. The first-order chi connectivity index (χ1) is 9.88. The predicted molar refractivity (Wildman–Crippen MR) is 84.4 cm³/mol. The number of carbonyl (C=O) groups is 1. The van der Waals surface area contributed by atoms with E-state index in [1.165, 1.54) is 6.07 Å². The number of rotatable bonds is 4. The molecule has 0 spiro atoms. The van der Waals surface area contributed by atoms with Crippen LogP contribution in [0.1, 0.15) is 29.1 Å². The Hall–Kier alpha value is -2.15. The van der Waals surface area contributed by atoms with Crippen molar-refractivity contribution in [3.8, 4) is 0 Å². The van der Waals surface area contributed by atoms with Gasteiger partial charge in [0.15, 0.2) is 5.13 Å². The van der Waals surface area contributed by atoms with Crippen molar-refractivity contribution in [2.45, 2.75) is 26.8 Å². The molecule has 0 aliphatic carbocycles. The first-order valence-electron chi connectivity index (χ1n) is 6.47. The second-order valence-corrected chi connectivity index (χ2v) is 5.92. The van der Waals surface area contributed by atoms with Crippen molar-refractivity contribution in [2.24, 2.45) is 0 Å². The first kappa shape index (κ1) is 15.2. The Kier molecular flexibility index (Phi) is 4.42. The zero-order valence-electron chi connectivity index (χ0n) is 12.0. The lowest BCUT2D eigenvalue weighted by atomic mass is 10.2. The third-order valence-corrected chi connectivity index (χ3v) is 3.73. The molecule has 7 heteroatoms. The number of nitrogens with zero attached hydrogens (tertiary/aromatic N) is 1. The number of nitrogens with one attached hydrogen (secondary N) is 2. The zero-order chi connectivity index (χ0) is 15.6. The molecule has 2 aromatic rings. The molecule has 21 heavy (non-hydrogen) atoms. The summed E-state index contributed by atoms with van der Waals surface area (Å²) < 4.78 is 13.7. The lowest BCUT2D eigenvalue weighted by molar-refractivity contribution is 0.103. The Morgan fingerprint density at radius 3 is 2.76 bits per heavy atom. The molecule has 112 valence electrons. The third kappa shape index (κ3) is 3.49. The van der Waals surface area contributed by atoms with E-state index in [0.717, 1.165) is 11.3 Å². The van der Waals surface area contributed by atoms with E-state index >= 15 is 0 Å². The second kappa shape index (κ2) is 6.09. The molecule has 0 saturated carbocycles. The number of hydrogen-bond donors (Lipinski definition) is 3. The fourth-order valence-corrected chi connectivity index (χ4v) is 2.69. The molecule has 2 rings (SSSR count). The number of anilines is 3. The molecule has 0 aliphatic heterocycles. The van der Waals surface area contributed by atoms with E-state index in [9.17, 15) is 9.18 Å². The fourth-order valence-electron chi connectivity index (χ4n) is 1.76. The summed E-state index contributed by atoms with van der Waals surface area (Å²) in [5.74, 6) is -0.809. The van der Waals surface area contributed by atoms with Gasteiger partial charge in [-0.05, 0) is 32.4 Å². The van der Waals surface area contributed by atoms with Gasteiger partial charge in [-0.1, -0.05) is 23.5 Å². The second-order valence-electron chi connectivity index (χ2n) is 4.92. The van der Waals surface area contributed by atoms with E-state index in [1.807, 2.05) is 13.8 Å². The molecule has 1 heterocycles. The number of aromatic nitrogens is 1. The summed E-state index contributed by atoms with van der Waals surface area (Å²) in [5.41, 5.74) is 6.56. The molecule has 1 aromatic carbocycles. The third-order valence-electron chi connectivity index (χ3n) is 2.73. The Bertz CT molecular complexity index is 649. The number of carbonyl (C=O) groups excluding carboxylic acids is 1. The van der Waals surface area contributed by atoms with Crippen LogP contribution in [0.2, 0.25) is 0 Å². The van der Waals surface area contributed by atoms with Crippen LogP contribution in [-0.4, -0.2) is 16.9 Å². The molecule has 1 amide bonds. The molecule has 1 aromatic heterocycles. The van der Waals surface area contributed by atoms with Crippen LogP contribution in [0, 0.1) is 12.7 Å². The standard InChI is InChI=1S/C14H17FN4OS/c1-7(2)17-14-19-12(16)11(21-14)13(20)18-10-8(3)5-4-6-9(10)15/h4-7H,16H2,1-3H3,(H,17,19)(H,18,20).